The van der Waals surface area contributed by atoms with Crippen LogP contribution in [0.3, 0.4) is 0 Å². The Bertz CT molecular complexity index is 850. The van der Waals surface area contributed by atoms with Crippen molar-refractivity contribution >= 4 is 23.4 Å². The molecule has 1 atom stereocenters. The van der Waals surface area contributed by atoms with Crippen LogP contribution in [0.25, 0.3) is 11.4 Å². The van der Waals surface area contributed by atoms with Crippen LogP contribution in [0.5, 0.6) is 0 Å². The zero-order chi connectivity index (χ0) is 20.3. The van der Waals surface area contributed by atoms with Gasteiger partial charge in [0.15, 0.2) is 5.82 Å². The van der Waals surface area contributed by atoms with Crippen molar-refractivity contribution in [1.82, 2.24) is 14.9 Å². The minimum atomic E-state index is -0.146. The number of fused-ring (bicyclic) bond motifs is 1. The minimum Gasteiger partial charge on any atom is -0.393 e. The van der Waals surface area contributed by atoms with Gasteiger partial charge in [0, 0.05) is 60.8 Å². The van der Waals surface area contributed by atoms with Gasteiger partial charge in [-0.3, -0.25) is 4.90 Å². The number of aromatic nitrogens is 2. The molecule has 1 aliphatic carbocycles. The van der Waals surface area contributed by atoms with Gasteiger partial charge in [-0.1, -0.05) is 30.3 Å². The average molecular weight is 426 g/mol. The molecule has 3 aliphatic rings. The van der Waals surface area contributed by atoms with Crippen molar-refractivity contribution in [1.29, 1.82) is 0 Å². The molecule has 3 N–H and O–H groups in total. The highest BCUT2D eigenvalue weighted by atomic mass is 32.2. The third kappa shape index (κ3) is 4.58. The first-order valence-corrected chi connectivity index (χ1v) is 12.4. The largest absolute Gasteiger partial charge is 0.393 e. The first-order chi connectivity index (χ1) is 14.7. The Balaban J connectivity index is 1.39. The summed E-state index contributed by atoms with van der Waals surface area (Å²) in [5, 5.41) is 17.3. The normalized spacial score (nSPS) is 26.8. The van der Waals surface area contributed by atoms with Crippen molar-refractivity contribution in [2.24, 2.45) is 0 Å². The molecule has 1 saturated heterocycles. The van der Waals surface area contributed by atoms with E-state index in [1.54, 1.807) is 0 Å². The fraction of sp³-hybridized carbons (Fsp3) is 0.565. The van der Waals surface area contributed by atoms with Crippen molar-refractivity contribution < 1.29 is 5.11 Å². The molecule has 2 fully saturated rings. The van der Waals surface area contributed by atoms with Gasteiger partial charge in [-0.25, -0.2) is 9.97 Å². The van der Waals surface area contributed by atoms with E-state index in [0.29, 0.717) is 12.1 Å². The van der Waals surface area contributed by atoms with Crippen LogP contribution in [0.15, 0.2) is 30.3 Å². The van der Waals surface area contributed by atoms with Crippen LogP contribution < -0.4 is 10.6 Å². The molecular formula is C23H31N5OS. The van der Waals surface area contributed by atoms with Crippen molar-refractivity contribution in [3.05, 3.63) is 35.9 Å². The highest BCUT2D eigenvalue weighted by Crippen LogP contribution is 2.34. The highest BCUT2D eigenvalue weighted by molar-refractivity contribution is 7.99. The second-order valence-electron chi connectivity index (χ2n) is 8.70. The first-order valence-electron chi connectivity index (χ1n) is 11.2. The molecule has 2 aromatic rings. The van der Waals surface area contributed by atoms with Crippen LogP contribution in [0, 0.1) is 0 Å². The van der Waals surface area contributed by atoms with Crippen LogP contribution in [-0.2, 0) is 6.42 Å². The zero-order valence-corrected chi connectivity index (χ0v) is 18.2. The first kappa shape index (κ1) is 20.1. The number of thioether (sulfide) groups is 1. The van der Waals surface area contributed by atoms with E-state index in [-0.39, 0.29) is 6.10 Å². The summed E-state index contributed by atoms with van der Waals surface area (Å²) in [7, 11) is 0. The summed E-state index contributed by atoms with van der Waals surface area (Å²) in [5.41, 5.74) is 2.26. The fourth-order valence-electron chi connectivity index (χ4n) is 4.74. The summed E-state index contributed by atoms with van der Waals surface area (Å²) < 4.78 is 0. The number of anilines is 2. The number of hydrogen-bond donors (Lipinski definition) is 3. The monoisotopic (exact) mass is 425 g/mol. The lowest BCUT2D eigenvalue weighted by Crippen LogP contribution is -2.40. The predicted octanol–water partition coefficient (Wildman–Crippen LogP) is 3.24. The minimum absolute atomic E-state index is 0.146. The molecule has 0 amide bonds. The van der Waals surface area contributed by atoms with Crippen LogP contribution in [0.1, 0.15) is 31.2 Å². The van der Waals surface area contributed by atoms with E-state index >= 15 is 0 Å². The maximum absolute atomic E-state index is 9.86. The second kappa shape index (κ2) is 9.12. The molecule has 1 saturated carbocycles. The maximum Gasteiger partial charge on any atom is 0.163 e. The van der Waals surface area contributed by atoms with Crippen molar-refractivity contribution in [3.8, 4) is 11.4 Å². The Morgan fingerprint density at radius 2 is 1.83 bits per heavy atom. The smallest absolute Gasteiger partial charge is 0.163 e. The molecular weight excluding hydrogens is 394 g/mol. The Labute approximate surface area is 182 Å². The summed E-state index contributed by atoms with van der Waals surface area (Å²) >= 11 is 2.05. The van der Waals surface area contributed by atoms with Gasteiger partial charge in [-0.05, 0) is 25.7 Å². The summed E-state index contributed by atoms with van der Waals surface area (Å²) in [4.78, 5) is 12.4. The summed E-state index contributed by atoms with van der Waals surface area (Å²) in [6.07, 6.45) is 4.53. The molecule has 6 nitrogen and oxygen atoms in total. The van der Waals surface area contributed by atoms with Crippen LogP contribution in [0.4, 0.5) is 11.6 Å². The number of aliphatic hydroxyl groups excluding tert-OH is 1. The topological polar surface area (TPSA) is 73.3 Å². The lowest BCUT2D eigenvalue weighted by Gasteiger charge is -2.28. The lowest BCUT2D eigenvalue weighted by molar-refractivity contribution is 0.126. The molecule has 0 bridgehead atoms. The van der Waals surface area contributed by atoms with Gasteiger partial charge in [0.25, 0.3) is 0 Å². The fourth-order valence-corrected chi connectivity index (χ4v) is 5.72. The lowest BCUT2D eigenvalue weighted by atomic mass is 9.93. The van der Waals surface area contributed by atoms with E-state index in [4.69, 9.17) is 9.97 Å². The molecule has 0 spiro atoms. The molecule has 1 aromatic carbocycles. The average Bonchev–Trinajstić information content (AvgIpc) is 3.19. The molecule has 160 valence electrons. The number of aliphatic hydroxyl groups is 1. The van der Waals surface area contributed by atoms with Crippen LogP contribution in [-0.4, -0.2) is 69.3 Å². The molecule has 30 heavy (non-hydrogen) atoms. The predicted molar refractivity (Wildman–Crippen MR) is 124 cm³/mol. The molecule has 3 heterocycles. The van der Waals surface area contributed by atoms with Gasteiger partial charge >= 0.3 is 0 Å². The van der Waals surface area contributed by atoms with Gasteiger partial charge in [-0.15, -0.1) is 0 Å². The molecule has 2 aliphatic heterocycles. The standard InChI is InChI=1S/C23H31N5OS/c29-19-8-6-17(7-9-19)24-22-20-14-18(15-28-10-12-30-13-11-28)25-23(20)27-21(26-22)16-4-2-1-3-5-16/h1-5,17-19,29H,6-15H2,(H2,24,25,26,27). The van der Waals surface area contributed by atoms with E-state index in [1.165, 1.54) is 30.2 Å². The van der Waals surface area contributed by atoms with E-state index in [9.17, 15) is 5.11 Å². The van der Waals surface area contributed by atoms with Crippen molar-refractivity contribution in [2.45, 2.75) is 50.3 Å². The third-order valence-corrected chi connectivity index (χ3v) is 7.39. The van der Waals surface area contributed by atoms with E-state index < -0.39 is 0 Å². The molecule has 1 unspecified atom stereocenters. The van der Waals surface area contributed by atoms with Gasteiger partial charge in [-0.2, -0.15) is 11.8 Å². The number of hydrogen-bond acceptors (Lipinski definition) is 7. The van der Waals surface area contributed by atoms with Crippen LogP contribution in [0.2, 0.25) is 0 Å². The van der Waals surface area contributed by atoms with E-state index in [2.05, 4.69) is 39.4 Å². The Morgan fingerprint density at radius 3 is 2.60 bits per heavy atom. The highest BCUT2D eigenvalue weighted by Gasteiger charge is 2.30. The Hall–Kier alpha value is -1.83. The van der Waals surface area contributed by atoms with Crippen molar-refractivity contribution in [3.63, 3.8) is 0 Å². The molecule has 7 heteroatoms. The summed E-state index contributed by atoms with van der Waals surface area (Å²) in [5.74, 6) is 5.20. The number of benzene rings is 1. The third-order valence-electron chi connectivity index (χ3n) is 6.45. The molecule has 1 aromatic heterocycles. The van der Waals surface area contributed by atoms with Gasteiger partial charge in [0.05, 0.1) is 6.10 Å². The maximum atomic E-state index is 9.86. The van der Waals surface area contributed by atoms with Crippen molar-refractivity contribution in [2.75, 3.05) is 41.8 Å². The number of nitrogens with one attached hydrogen (secondary N) is 2. The SMILES string of the molecule is OC1CCC(Nc2nc(-c3ccccc3)nc3c2CC(CN2CCSCC2)N3)CC1. The summed E-state index contributed by atoms with van der Waals surface area (Å²) in [6, 6.07) is 11.0. The Morgan fingerprint density at radius 1 is 1.07 bits per heavy atom. The van der Waals surface area contributed by atoms with Gasteiger partial charge in [0.2, 0.25) is 0 Å². The van der Waals surface area contributed by atoms with Gasteiger partial charge < -0.3 is 15.7 Å². The number of rotatable bonds is 5. The summed E-state index contributed by atoms with van der Waals surface area (Å²) in [6.45, 7) is 3.41. The van der Waals surface area contributed by atoms with Crippen LogP contribution >= 0.6 is 11.8 Å². The van der Waals surface area contributed by atoms with E-state index in [0.717, 1.165) is 61.7 Å². The van der Waals surface area contributed by atoms with E-state index in [1.807, 2.05) is 18.2 Å². The zero-order valence-electron chi connectivity index (χ0n) is 17.4. The second-order valence-corrected chi connectivity index (χ2v) is 9.92. The Kier molecular flexibility index (Phi) is 6.11. The van der Waals surface area contributed by atoms with Gasteiger partial charge in [0.1, 0.15) is 11.6 Å². The molecule has 0 radical (unpaired) electrons. The molecule has 5 rings (SSSR count). The quantitative estimate of drug-likeness (QED) is 0.679. The number of nitrogens with zero attached hydrogens (tertiary/aromatic N) is 3.